The Morgan fingerprint density at radius 3 is 1.02 bits per heavy atom. The molecule has 1 fully saturated rings. The highest BCUT2D eigenvalue weighted by molar-refractivity contribution is 7.48. The van der Waals surface area contributed by atoms with Gasteiger partial charge in [0, 0.05) is 19.3 Å². The zero-order valence-electron chi connectivity index (χ0n) is 78.2. The number of carbonyl (C=O) groups excluding carboxylic acids is 7. The zero-order chi connectivity index (χ0) is 89.4. The van der Waals surface area contributed by atoms with E-state index < -0.39 is 111 Å². The van der Waals surface area contributed by atoms with Crippen LogP contribution < -0.4 is 10.6 Å². The maximum Gasteiger partial charge on any atom is 0.475 e. The van der Waals surface area contributed by atoms with Crippen molar-refractivity contribution in [2.24, 2.45) is 0 Å². The van der Waals surface area contributed by atoms with E-state index >= 15 is 18.9 Å². The quantitative estimate of drug-likeness (QED) is 0.0205. The van der Waals surface area contributed by atoms with Crippen LogP contribution in [0.2, 0.25) is 0 Å². The van der Waals surface area contributed by atoms with Gasteiger partial charge in [-0.25, -0.2) is 9.36 Å². The van der Waals surface area contributed by atoms with Crippen molar-refractivity contribution in [1.29, 1.82) is 0 Å². The number of hydrogen-bond acceptors (Lipinski definition) is 18. The van der Waals surface area contributed by atoms with E-state index in [-0.39, 0.29) is 70.7 Å². The molecular weight excluding hydrogens is 1580 g/mol. The SMILES string of the molecule is CCCCCCCCCCC[C@H](CC(=O)N[C@@H]1[C@@H](OC(=O)C[C@@H](CCCCCCCCCCC)OC(=O)CCCCCCCCC)[C@H](OP(=O)(OCc2ccccc2)OCc2ccccc2)[C@@H](CO)O[C@H]1CC[C@H](NC(=O)C[C@@H](CCCCCCCCCCC)OC(=O)CCCCCCCCC)C(=O)OCc1ccccc1)OC(=O)CCCCCCCCC. The predicted molar refractivity (Wildman–Crippen MR) is 497 cm³/mol. The number of nitrogens with one attached hydrogen (secondary N) is 2. The average molecular weight is 1760 g/mol. The molecule has 3 aromatic carbocycles. The van der Waals surface area contributed by atoms with Crippen LogP contribution in [0, 0.1) is 0 Å². The molecule has 3 N–H and O–H groups in total. The summed E-state index contributed by atoms with van der Waals surface area (Å²) in [6.45, 7) is 11.6. The molecule has 4 rings (SSSR count). The van der Waals surface area contributed by atoms with Gasteiger partial charge in [-0.05, 0) is 87.3 Å². The Labute approximate surface area is 750 Å². The van der Waals surface area contributed by atoms with E-state index in [1.54, 1.807) is 48.5 Å². The van der Waals surface area contributed by atoms with Crippen molar-refractivity contribution in [3.8, 4) is 0 Å². The van der Waals surface area contributed by atoms with Gasteiger partial charge in [-0.15, -0.1) is 0 Å². The first kappa shape index (κ1) is 110. The molecule has 0 aliphatic carbocycles. The summed E-state index contributed by atoms with van der Waals surface area (Å²) < 4.78 is 74.0. The van der Waals surface area contributed by atoms with Gasteiger partial charge in [0.1, 0.15) is 43.2 Å². The predicted octanol–water partition coefficient (Wildman–Crippen LogP) is 26.2. The minimum Gasteiger partial charge on any atom is -0.462 e. The lowest BCUT2D eigenvalue weighted by Crippen LogP contribution is -2.66. The molecule has 0 bridgehead atoms. The van der Waals surface area contributed by atoms with Gasteiger partial charge in [0.15, 0.2) is 6.10 Å². The molecule has 20 nitrogen and oxygen atoms in total. The lowest BCUT2D eigenvalue weighted by Gasteiger charge is -2.46. The molecule has 1 heterocycles. The summed E-state index contributed by atoms with van der Waals surface area (Å²) in [4.78, 5) is 103. The lowest BCUT2D eigenvalue weighted by molar-refractivity contribution is -0.211. The van der Waals surface area contributed by atoms with Crippen molar-refractivity contribution in [2.45, 2.75) is 495 Å². The number of phosphoric ester groups is 1. The summed E-state index contributed by atoms with van der Waals surface area (Å²) in [6, 6.07) is 24.2. The van der Waals surface area contributed by atoms with E-state index in [9.17, 15) is 24.3 Å². The number of carbonyl (C=O) groups is 7. The van der Waals surface area contributed by atoms with E-state index in [0.717, 1.165) is 212 Å². The van der Waals surface area contributed by atoms with E-state index in [1.165, 1.54) is 57.8 Å². The second-order valence-corrected chi connectivity index (χ2v) is 36.8. The molecule has 706 valence electrons. The Hall–Kier alpha value is -6.02. The van der Waals surface area contributed by atoms with Crippen molar-refractivity contribution in [3.05, 3.63) is 108 Å². The fraction of sp³-hybridized carbons (Fsp3) is 0.757. The standard InChI is InChI=1S/C103H171N2O18P/c1-7-13-19-25-31-34-40-43-58-70-88(118-96(109)73-61-46-37-28-22-16-10-4)78-94(107)104-91(103(113)115-82-85-64-52-49-53-65-85)76-77-92-100(105-95(108)79-89(71-59-44-41-35-32-26-20-14-8-2)119-97(110)74-62-47-38-29-23-17-11-5)102(101(93(81-106)121-92)123-124(114,116-83-86-66-54-50-55-67-86)117-84-87-68-56-51-57-69-87)122-99(112)80-90(72-60-45-42-36-33-27-21-15-9-3)120-98(111)75-63-48-39-30-24-18-12-6/h49-57,64-69,88-93,100-102,106H,7-48,58-63,70-84H2,1-6H3,(H,104,107)(H,105,108)/t88-,89-,90-,91+,92+,93-,100+,101-,102-/m1/s1. The minimum absolute atomic E-state index is 0.150. The normalized spacial score (nSPS) is 16.2. The summed E-state index contributed by atoms with van der Waals surface area (Å²) >= 11 is 0. The van der Waals surface area contributed by atoms with Crippen LogP contribution in [-0.2, 0) is 99.9 Å². The van der Waals surface area contributed by atoms with Crippen LogP contribution in [0.4, 0.5) is 0 Å². The van der Waals surface area contributed by atoms with Crippen LogP contribution in [0.3, 0.4) is 0 Å². The molecule has 3 aromatic rings. The van der Waals surface area contributed by atoms with Crippen LogP contribution in [0.5, 0.6) is 0 Å². The van der Waals surface area contributed by atoms with Crippen molar-refractivity contribution in [1.82, 2.24) is 10.6 Å². The summed E-state index contributed by atoms with van der Waals surface area (Å²) in [6.07, 6.45) is 40.6. The Bertz CT molecular complexity index is 3160. The van der Waals surface area contributed by atoms with Gasteiger partial charge in [0.05, 0.1) is 51.2 Å². The van der Waals surface area contributed by atoms with Gasteiger partial charge in [-0.3, -0.25) is 42.3 Å². The third-order valence-corrected chi connectivity index (χ3v) is 25.2. The first-order chi connectivity index (χ1) is 60.5. The Morgan fingerprint density at radius 2 is 0.677 bits per heavy atom. The second-order valence-electron chi connectivity index (χ2n) is 35.2. The number of rotatable bonds is 81. The van der Waals surface area contributed by atoms with E-state index in [4.69, 9.17) is 42.0 Å². The molecule has 1 aliphatic rings. The van der Waals surface area contributed by atoms with Crippen LogP contribution >= 0.6 is 7.82 Å². The van der Waals surface area contributed by atoms with Crippen molar-refractivity contribution < 1.29 is 85.2 Å². The largest absolute Gasteiger partial charge is 0.475 e. The number of aliphatic hydroxyl groups is 1. The molecule has 1 aliphatic heterocycles. The number of benzene rings is 3. The lowest BCUT2D eigenvalue weighted by atomic mass is 9.89. The van der Waals surface area contributed by atoms with Crippen molar-refractivity contribution in [2.75, 3.05) is 6.61 Å². The van der Waals surface area contributed by atoms with Gasteiger partial charge in [-0.1, -0.05) is 402 Å². The maximum absolute atomic E-state index is 16.0. The maximum atomic E-state index is 16.0. The number of unbranched alkanes of at least 4 members (excludes halogenated alkanes) is 42. The molecule has 124 heavy (non-hydrogen) atoms. The van der Waals surface area contributed by atoms with Gasteiger partial charge < -0.3 is 44.2 Å². The summed E-state index contributed by atoms with van der Waals surface area (Å²) in [5.74, 6) is -4.12. The van der Waals surface area contributed by atoms with Gasteiger partial charge >= 0.3 is 37.7 Å². The highest BCUT2D eigenvalue weighted by Gasteiger charge is 2.53. The first-order valence-electron chi connectivity index (χ1n) is 50.0. The van der Waals surface area contributed by atoms with Crippen LogP contribution in [0.1, 0.15) is 437 Å². The van der Waals surface area contributed by atoms with Crippen LogP contribution in [-0.4, -0.2) is 108 Å². The van der Waals surface area contributed by atoms with Gasteiger partial charge in [-0.2, -0.15) is 0 Å². The van der Waals surface area contributed by atoms with Crippen molar-refractivity contribution in [3.63, 3.8) is 0 Å². The van der Waals surface area contributed by atoms with Crippen LogP contribution in [0.15, 0.2) is 91.0 Å². The Morgan fingerprint density at radius 1 is 0.363 bits per heavy atom. The van der Waals surface area contributed by atoms with Crippen LogP contribution in [0.25, 0.3) is 0 Å². The highest BCUT2D eigenvalue weighted by atomic mass is 31.2. The fourth-order valence-corrected chi connectivity index (χ4v) is 17.7. The first-order valence-corrected chi connectivity index (χ1v) is 51.5. The molecule has 0 spiro atoms. The van der Waals surface area contributed by atoms with E-state index in [0.29, 0.717) is 74.5 Å². The second kappa shape index (κ2) is 73.8. The summed E-state index contributed by atoms with van der Waals surface area (Å²) in [5.41, 5.74) is 1.91. The van der Waals surface area contributed by atoms with E-state index in [1.807, 2.05) is 42.5 Å². The monoisotopic (exact) mass is 1760 g/mol. The fourth-order valence-electron chi connectivity index (χ4n) is 16.3. The highest BCUT2D eigenvalue weighted by Crippen LogP contribution is 2.54. The molecule has 0 aromatic heterocycles. The number of aliphatic hydroxyl groups excluding tert-OH is 1. The molecule has 21 heteroatoms. The molecule has 2 amide bonds. The Balaban J connectivity index is 1.93. The minimum atomic E-state index is -4.92. The topological polar surface area (TPSA) is 264 Å². The number of hydrogen-bond donors (Lipinski definition) is 3. The van der Waals surface area contributed by atoms with Crippen molar-refractivity contribution >= 4 is 49.5 Å². The number of phosphoric acid groups is 1. The number of amides is 2. The number of esters is 5. The Kier molecular flexibility index (Phi) is 65.7. The van der Waals surface area contributed by atoms with Gasteiger partial charge in [0.25, 0.3) is 0 Å². The van der Waals surface area contributed by atoms with E-state index in [2.05, 4.69) is 52.2 Å². The van der Waals surface area contributed by atoms with Gasteiger partial charge in [0.2, 0.25) is 11.8 Å². The number of ether oxygens (including phenoxy) is 6. The summed E-state index contributed by atoms with van der Waals surface area (Å²) in [7, 11) is -4.92. The molecule has 1 saturated heterocycles. The average Bonchev–Trinajstić information content (AvgIpc) is 0.773. The molecule has 0 unspecified atom stereocenters. The summed E-state index contributed by atoms with van der Waals surface area (Å²) in [5, 5.41) is 18.0. The smallest absolute Gasteiger partial charge is 0.462 e. The third-order valence-electron chi connectivity index (χ3n) is 23.8. The molecule has 0 saturated carbocycles. The molecule has 9 atom stereocenters. The zero-order valence-corrected chi connectivity index (χ0v) is 79.1. The third kappa shape index (κ3) is 55.0. The molecular formula is C103H171N2O18P. The molecule has 0 radical (unpaired) electrons.